The van der Waals surface area contributed by atoms with Gasteiger partial charge >= 0.3 is 0 Å². The van der Waals surface area contributed by atoms with Crippen molar-refractivity contribution >= 4 is 23.3 Å². The van der Waals surface area contributed by atoms with Crippen molar-refractivity contribution in [2.24, 2.45) is 0 Å². The maximum absolute atomic E-state index is 9.70. The maximum Gasteiger partial charge on any atom is 0.179 e. The summed E-state index contributed by atoms with van der Waals surface area (Å²) in [6, 6.07) is 5.89. The second-order valence-electron chi connectivity index (χ2n) is 6.45. The number of hydrogen-bond acceptors (Lipinski definition) is 5. The Hall–Kier alpha value is -2.52. The topological polar surface area (TPSA) is 73.0 Å². The summed E-state index contributed by atoms with van der Waals surface area (Å²) in [5, 5.41) is 18.7. The normalized spacial score (nSPS) is 17.0. The zero-order valence-electron chi connectivity index (χ0n) is 14.4. The minimum Gasteiger partial charge on any atom is -0.489 e. The maximum atomic E-state index is 9.70. The van der Waals surface area contributed by atoms with Gasteiger partial charge in [-0.1, -0.05) is 18.0 Å². The molecule has 6 nitrogen and oxygen atoms in total. The van der Waals surface area contributed by atoms with Crippen LogP contribution in [0.2, 0.25) is 5.02 Å². The highest BCUT2D eigenvalue weighted by molar-refractivity contribution is 6.32. The number of aryl methyl sites for hydroxylation is 1. The van der Waals surface area contributed by atoms with Crippen molar-refractivity contribution in [2.75, 3.05) is 13.2 Å². The first-order chi connectivity index (χ1) is 12.8. The largest absolute Gasteiger partial charge is 0.489 e. The number of rotatable bonds is 2. The number of benzene rings is 1. The van der Waals surface area contributed by atoms with Crippen molar-refractivity contribution in [3.05, 3.63) is 34.4 Å². The van der Waals surface area contributed by atoms with Gasteiger partial charge in [-0.05, 0) is 36.6 Å². The summed E-state index contributed by atoms with van der Waals surface area (Å²) < 4.78 is 13.4. The lowest BCUT2D eigenvalue weighted by atomic mass is 10.1. The summed E-state index contributed by atoms with van der Waals surface area (Å²) >= 11 is 6.36. The van der Waals surface area contributed by atoms with Crippen molar-refractivity contribution in [3.8, 4) is 17.6 Å². The van der Waals surface area contributed by atoms with Gasteiger partial charge in [0.1, 0.15) is 11.9 Å². The Kier molecular flexibility index (Phi) is 4.81. The zero-order chi connectivity index (χ0) is 17.9. The van der Waals surface area contributed by atoms with E-state index in [1.807, 2.05) is 6.07 Å². The zero-order valence-corrected chi connectivity index (χ0v) is 15.1. The number of hydrogen-bond donors (Lipinski definition) is 0. The fourth-order valence-electron chi connectivity index (χ4n) is 3.33. The molecule has 0 bridgehead atoms. The Morgan fingerprint density at radius 1 is 1.15 bits per heavy atom. The molecule has 0 saturated carbocycles. The molecule has 1 aromatic heterocycles. The van der Waals surface area contributed by atoms with E-state index in [-0.39, 0.29) is 0 Å². The van der Waals surface area contributed by atoms with E-state index in [9.17, 15) is 5.26 Å². The van der Waals surface area contributed by atoms with Crippen molar-refractivity contribution in [2.45, 2.75) is 38.6 Å². The number of fused-ring (bicyclic) bond motifs is 2. The van der Waals surface area contributed by atoms with Crippen LogP contribution in [0, 0.1) is 11.3 Å². The van der Waals surface area contributed by atoms with Crippen LogP contribution in [0.15, 0.2) is 12.1 Å². The summed E-state index contributed by atoms with van der Waals surface area (Å²) in [6.45, 7) is 2.01. The average molecular weight is 371 g/mol. The van der Waals surface area contributed by atoms with Crippen LogP contribution in [0.3, 0.4) is 0 Å². The summed E-state index contributed by atoms with van der Waals surface area (Å²) in [7, 11) is 0. The second-order valence-corrected chi connectivity index (χ2v) is 6.86. The fraction of sp³-hybridized carbons (Fsp3) is 0.421. The predicted octanol–water partition coefficient (Wildman–Crippen LogP) is 3.88. The monoisotopic (exact) mass is 370 g/mol. The van der Waals surface area contributed by atoms with Gasteiger partial charge in [-0.15, -0.1) is 10.2 Å². The summed E-state index contributed by atoms with van der Waals surface area (Å²) in [6.07, 6.45) is 6.86. The van der Waals surface area contributed by atoms with Crippen molar-refractivity contribution < 1.29 is 9.47 Å². The lowest BCUT2D eigenvalue weighted by Crippen LogP contribution is -2.05. The van der Waals surface area contributed by atoms with Crippen LogP contribution >= 0.6 is 11.6 Å². The highest BCUT2D eigenvalue weighted by Crippen LogP contribution is 2.38. The molecular weight excluding hydrogens is 352 g/mol. The Morgan fingerprint density at radius 3 is 2.92 bits per heavy atom. The molecule has 0 fully saturated rings. The molecule has 0 saturated heterocycles. The molecule has 4 rings (SSSR count). The van der Waals surface area contributed by atoms with Gasteiger partial charge in [0.05, 0.1) is 23.8 Å². The third-order valence-corrected chi connectivity index (χ3v) is 4.89. The molecule has 0 radical (unpaired) electrons. The summed E-state index contributed by atoms with van der Waals surface area (Å²) in [4.78, 5) is 0. The molecule has 0 amide bonds. The Labute approximate surface area is 157 Å². The number of nitrogens with zero attached hydrogens (tertiary/aromatic N) is 4. The van der Waals surface area contributed by atoms with Crippen molar-refractivity contribution in [1.29, 1.82) is 5.26 Å². The highest BCUT2D eigenvalue weighted by atomic mass is 35.5. The molecule has 26 heavy (non-hydrogen) atoms. The second kappa shape index (κ2) is 7.38. The van der Waals surface area contributed by atoms with E-state index in [2.05, 4.69) is 20.8 Å². The van der Waals surface area contributed by atoms with Gasteiger partial charge in [0.15, 0.2) is 17.3 Å². The molecule has 0 atom stereocenters. The number of nitriles is 1. The van der Waals surface area contributed by atoms with Gasteiger partial charge in [-0.2, -0.15) is 5.26 Å². The van der Waals surface area contributed by atoms with E-state index < -0.39 is 0 Å². The van der Waals surface area contributed by atoms with Gasteiger partial charge in [0.25, 0.3) is 0 Å². The molecule has 2 aliphatic rings. The Bertz CT molecular complexity index is 898. The van der Waals surface area contributed by atoms with Gasteiger partial charge in [0, 0.05) is 19.4 Å². The van der Waals surface area contributed by atoms with Crippen LogP contribution in [0.25, 0.3) is 11.6 Å². The van der Waals surface area contributed by atoms with Crippen LogP contribution in [0.5, 0.6) is 11.5 Å². The molecule has 3 heterocycles. The van der Waals surface area contributed by atoms with Gasteiger partial charge < -0.3 is 14.0 Å². The molecule has 134 valence electrons. The molecule has 0 aliphatic carbocycles. The quantitative estimate of drug-likeness (QED) is 0.750. The third-order valence-electron chi connectivity index (χ3n) is 4.61. The van der Waals surface area contributed by atoms with Crippen LogP contribution in [0.1, 0.15) is 42.9 Å². The molecule has 2 aliphatic heterocycles. The SMILES string of the molecule is N#C/C(=C\c1cc(Cl)c2c(c1)OCCCO2)c1nnc2n1CCCCC2. The fourth-order valence-corrected chi connectivity index (χ4v) is 3.61. The average Bonchev–Trinajstić information content (AvgIpc) is 2.83. The van der Waals surface area contributed by atoms with Gasteiger partial charge in [-0.25, -0.2) is 0 Å². The molecule has 0 unspecified atom stereocenters. The third kappa shape index (κ3) is 3.27. The van der Waals surface area contributed by atoms with E-state index in [0.717, 1.165) is 43.6 Å². The van der Waals surface area contributed by atoms with Crippen LogP contribution in [-0.4, -0.2) is 28.0 Å². The first-order valence-corrected chi connectivity index (χ1v) is 9.27. The van der Waals surface area contributed by atoms with Crippen molar-refractivity contribution in [1.82, 2.24) is 14.8 Å². The van der Waals surface area contributed by atoms with Crippen molar-refractivity contribution in [3.63, 3.8) is 0 Å². The van der Waals surface area contributed by atoms with E-state index in [1.165, 1.54) is 6.42 Å². The van der Waals surface area contributed by atoms with E-state index in [4.69, 9.17) is 21.1 Å². The summed E-state index contributed by atoms with van der Waals surface area (Å²) in [5.74, 6) is 2.75. The van der Waals surface area contributed by atoms with E-state index in [0.29, 0.717) is 41.1 Å². The minimum atomic E-state index is 0.469. The Balaban J connectivity index is 1.73. The highest BCUT2D eigenvalue weighted by Gasteiger charge is 2.19. The molecule has 7 heteroatoms. The number of ether oxygens (including phenoxy) is 2. The van der Waals surface area contributed by atoms with Crippen LogP contribution < -0.4 is 9.47 Å². The van der Waals surface area contributed by atoms with E-state index in [1.54, 1.807) is 12.1 Å². The standard InChI is InChI=1S/C19H19ClN4O2/c20-15-10-13(11-16-18(15)26-8-4-7-25-16)9-14(12-21)19-23-22-17-5-2-1-3-6-24(17)19/h9-11H,1-8H2/b14-9+. The molecule has 0 spiro atoms. The minimum absolute atomic E-state index is 0.469. The number of halogens is 1. The van der Waals surface area contributed by atoms with Crippen LogP contribution in [0.4, 0.5) is 0 Å². The molecule has 2 aromatic rings. The smallest absolute Gasteiger partial charge is 0.179 e. The number of aromatic nitrogens is 3. The van der Waals surface area contributed by atoms with Gasteiger partial charge in [-0.3, -0.25) is 0 Å². The first-order valence-electron chi connectivity index (χ1n) is 8.89. The first kappa shape index (κ1) is 16.9. The predicted molar refractivity (Wildman–Crippen MR) is 98.1 cm³/mol. The molecule has 1 aromatic carbocycles. The Morgan fingerprint density at radius 2 is 2.04 bits per heavy atom. The number of allylic oxidation sites excluding steroid dienone is 1. The van der Waals surface area contributed by atoms with Crippen LogP contribution in [-0.2, 0) is 13.0 Å². The molecule has 0 N–H and O–H groups in total. The lowest BCUT2D eigenvalue weighted by Gasteiger charge is -2.10. The molecular formula is C19H19ClN4O2. The summed E-state index contributed by atoms with van der Waals surface area (Å²) in [5.41, 5.74) is 1.25. The van der Waals surface area contributed by atoms with Gasteiger partial charge in [0.2, 0.25) is 0 Å². The lowest BCUT2D eigenvalue weighted by molar-refractivity contribution is 0.297. The van der Waals surface area contributed by atoms with E-state index >= 15 is 0 Å².